The molecular weight excluding hydrogens is 589 g/mol. The van der Waals surface area contributed by atoms with E-state index in [-0.39, 0.29) is 32.2 Å². The Morgan fingerprint density at radius 1 is 0.711 bits per heavy atom. The SMILES string of the molecule is CC/C=C\C/C=C\C/C=C\C/C=C\C/C=C\C/C=C\CCCOCC(COP(=O)([O-])OCC[N+](C)(C)C)OC(=O)CCCCC. The van der Waals surface area contributed by atoms with E-state index in [0.29, 0.717) is 17.6 Å². The molecule has 8 nitrogen and oxygen atoms in total. The number of carbonyl (C=O) groups is 1. The maximum Gasteiger partial charge on any atom is 0.306 e. The zero-order valence-corrected chi connectivity index (χ0v) is 29.7. The van der Waals surface area contributed by atoms with Crippen LogP contribution in [0.3, 0.4) is 0 Å². The first-order valence-corrected chi connectivity index (χ1v) is 18.1. The molecule has 0 amide bonds. The third-order valence-corrected chi connectivity index (χ3v) is 7.24. The number of likely N-dealkylation sites (N-methyl/N-ethyl adjacent to an activating group) is 1. The summed E-state index contributed by atoms with van der Waals surface area (Å²) >= 11 is 0. The van der Waals surface area contributed by atoms with E-state index < -0.39 is 13.9 Å². The molecule has 0 aromatic rings. The standard InChI is InChI=1S/C36H62NO7P/c1-6-8-10-11-12-13-14-15-16-17-18-19-20-21-22-23-24-25-26-28-31-41-33-35(44-36(38)29-27-9-7-2)34-43-45(39,40)42-32-30-37(3,4)5/h8,10,12-13,15-16,18-19,21-22,24-25,35H,6-7,9,11,14,17,20,23,26-34H2,1-5H3/b10-8-,13-12-,16-15-,19-18-,22-21-,25-24-. The van der Waals surface area contributed by atoms with Crippen LogP contribution in [0, 0.1) is 0 Å². The Morgan fingerprint density at radius 3 is 1.76 bits per heavy atom. The number of unbranched alkanes of at least 4 members (excludes halogenated alkanes) is 3. The molecule has 9 heteroatoms. The van der Waals surface area contributed by atoms with Crippen LogP contribution in [0.25, 0.3) is 0 Å². The normalized spacial score (nSPS) is 15.1. The molecular formula is C36H62NO7P. The number of quaternary nitrogens is 1. The summed E-state index contributed by atoms with van der Waals surface area (Å²) in [6.07, 6.45) is 35.8. The van der Waals surface area contributed by atoms with E-state index in [1.165, 1.54) is 0 Å². The minimum atomic E-state index is -4.52. The van der Waals surface area contributed by atoms with Crippen molar-refractivity contribution < 1.29 is 37.3 Å². The highest BCUT2D eigenvalue weighted by Gasteiger charge is 2.20. The van der Waals surface area contributed by atoms with Crippen molar-refractivity contribution in [1.29, 1.82) is 0 Å². The van der Waals surface area contributed by atoms with E-state index >= 15 is 0 Å². The molecule has 2 atom stereocenters. The second kappa shape index (κ2) is 29.3. The lowest BCUT2D eigenvalue weighted by Gasteiger charge is -2.28. The number of hydrogen-bond donors (Lipinski definition) is 0. The molecule has 0 fully saturated rings. The minimum Gasteiger partial charge on any atom is -0.756 e. The third-order valence-electron chi connectivity index (χ3n) is 6.27. The minimum absolute atomic E-state index is 0.0108. The van der Waals surface area contributed by atoms with Gasteiger partial charge < -0.3 is 27.9 Å². The molecule has 0 spiro atoms. The van der Waals surface area contributed by atoms with Gasteiger partial charge in [-0.1, -0.05) is 99.6 Å². The Kier molecular flexibility index (Phi) is 28.0. The molecule has 0 rings (SSSR count). The first kappa shape index (κ1) is 42.9. The van der Waals surface area contributed by atoms with Crippen molar-refractivity contribution in [3.05, 3.63) is 72.9 Å². The van der Waals surface area contributed by atoms with Crippen LogP contribution in [0.4, 0.5) is 0 Å². The molecule has 0 bridgehead atoms. The number of allylic oxidation sites excluding steroid dienone is 12. The first-order chi connectivity index (χ1) is 21.6. The number of ether oxygens (including phenoxy) is 2. The van der Waals surface area contributed by atoms with Gasteiger partial charge in [0.1, 0.15) is 19.3 Å². The molecule has 45 heavy (non-hydrogen) atoms. The lowest BCUT2D eigenvalue weighted by atomic mass is 10.2. The van der Waals surface area contributed by atoms with Crippen LogP contribution < -0.4 is 4.89 Å². The smallest absolute Gasteiger partial charge is 0.306 e. The number of phosphoric acid groups is 1. The summed E-state index contributed by atoms with van der Waals surface area (Å²) in [6.45, 7) is 4.90. The van der Waals surface area contributed by atoms with Gasteiger partial charge in [0, 0.05) is 13.0 Å². The number of rotatable bonds is 29. The number of nitrogens with zero attached hydrogens (tertiary/aromatic N) is 1. The average molecular weight is 652 g/mol. The second-order valence-electron chi connectivity index (χ2n) is 11.8. The van der Waals surface area contributed by atoms with Gasteiger partial charge in [-0.05, 0) is 57.8 Å². The lowest BCUT2D eigenvalue weighted by molar-refractivity contribution is -0.870. The molecule has 0 heterocycles. The maximum atomic E-state index is 12.2. The molecule has 0 aromatic heterocycles. The summed E-state index contributed by atoms with van der Waals surface area (Å²) in [5.41, 5.74) is 0. The van der Waals surface area contributed by atoms with Gasteiger partial charge in [0.25, 0.3) is 7.82 Å². The number of carbonyl (C=O) groups excluding carboxylic acids is 1. The van der Waals surface area contributed by atoms with E-state index in [2.05, 4.69) is 86.8 Å². The lowest BCUT2D eigenvalue weighted by Crippen LogP contribution is -2.37. The Hall–Kier alpha value is -2.06. The fourth-order valence-corrected chi connectivity index (χ4v) is 4.40. The van der Waals surface area contributed by atoms with Crippen LogP contribution in [-0.4, -0.2) is 70.7 Å². The largest absolute Gasteiger partial charge is 0.756 e. The van der Waals surface area contributed by atoms with Crippen LogP contribution in [-0.2, 0) is 27.9 Å². The van der Waals surface area contributed by atoms with E-state index in [1.807, 2.05) is 21.1 Å². The van der Waals surface area contributed by atoms with Gasteiger partial charge in [0.05, 0.1) is 34.4 Å². The molecule has 258 valence electrons. The second-order valence-corrected chi connectivity index (χ2v) is 13.2. The fraction of sp³-hybridized carbons (Fsp3) is 0.639. The molecule has 0 N–H and O–H groups in total. The monoisotopic (exact) mass is 651 g/mol. The zero-order chi connectivity index (χ0) is 33.5. The Bertz CT molecular complexity index is 948. The van der Waals surface area contributed by atoms with Gasteiger partial charge in [0.2, 0.25) is 0 Å². The molecule has 0 aliphatic carbocycles. The Morgan fingerprint density at radius 2 is 1.24 bits per heavy atom. The van der Waals surface area contributed by atoms with Crippen LogP contribution in [0.1, 0.15) is 90.9 Å². The first-order valence-electron chi connectivity index (χ1n) is 16.7. The van der Waals surface area contributed by atoms with Crippen molar-refractivity contribution in [2.24, 2.45) is 0 Å². The van der Waals surface area contributed by atoms with E-state index in [9.17, 15) is 14.3 Å². The van der Waals surface area contributed by atoms with Crippen LogP contribution in [0.2, 0.25) is 0 Å². The van der Waals surface area contributed by atoms with Gasteiger partial charge in [0.15, 0.2) is 0 Å². The van der Waals surface area contributed by atoms with Crippen molar-refractivity contribution in [3.63, 3.8) is 0 Å². The molecule has 0 aliphatic heterocycles. The highest BCUT2D eigenvalue weighted by Crippen LogP contribution is 2.38. The van der Waals surface area contributed by atoms with Crippen molar-refractivity contribution in [2.75, 3.05) is 54.1 Å². The third kappa shape index (κ3) is 33.1. The summed E-state index contributed by atoms with van der Waals surface area (Å²) < 4.78 is 33.8. The molecule has 0 aliphatic rings. The van der Waals surface area contributed by atoms with Gasteiger partial charge in [-0.15, -0.1) is 0 Å². The number of esters is 1. The van der Waals surface area contributed by atoms with E-state index in [1.54, 1.807) is 0 Å². The maximum absolute atomic E-state index is 12.2. The van der Waals surface area contributed by atoms with Crippen molar-refractivity contribution in [1.82, 2.24) is 0 Å². The van der Waals surface area contributed by atoms with Crippen LogP contribution in [0.5, 0.6) is 0 Å². The molecule has 0 radical (unpaired) electrons. The van der Waals surface area contributed by atoms with Gasteiger partial charge in [-0.25, -0.2) is 0 Å². The van der Waals surface area contributed by atoms with Crippen molar-refractivity contribution in [3.8, 4) is 0 Å². The summed E-state index contributed by atoms with van der Waals surface area (Å²) in [4.78, 5) is 24.4. The summed E-state index contributed by atoms with van der Waals surface area (Å²) in [5.74, 6) is -0.384. The summed E-state index contributed by atoms with van der Waals surface area (Å²) in [7, 11) is 1.30. The highest BCUT2D eigenvalue weighted by molar-refractivity contribution is 7.45. The van der Waals surface area contributed by atoms with Gasteiger partial charge in [-0.2, -0.15) is 0 Å². The van der Waals surface area contributed by atoms with Gasteiger partial charge >= 0.3 is 5.97 Å². The quantitative estimate of drug-likeness (QED) is 0.0265. The van der Waals surface area contributed by atoms with Crippen LogP contribution in [0.15, 0.2) is 72.9 Å². The fourth-order valence-electron chi connectivity index (χ4n) is 3.68. The Balaban J connectivity index is 4.22. The summed E-state index contributed by atoms with van der Waals surface area (Å²) in [5, 5.41) is 0. The number of phosphoric ester groups is 1. The van der Waals surface area contributed by atoms with E-state index in [4.69, 9.17) is 18.5 Å². The molecule has 0 saturated carbocycles. The zero-order valence-electron chi connectivity index (χ0n) is 28.8. The van der Waals surface area contributed by atoms with Crippen molar-refractivity contribution >= 4 is 13.8 Å². The van der Waals surface area contributed by atoms with Gasteiger partial charge in [-0.3, -0.25) is 9.36 Å². The average Bonchev–Trinajstić information content (AvgIpc) is 2.97. The van der Waals surface area contributed by atoms with Crippen molar-refractivity contribution in [2.45, 2.75) is 97.0 Å². The van der Waals surface area contributed by atoms with Crippen LogP contribution >= 0.6 is 7.82 Å². The predicted octanol–water partition coefficient (Wildman–Crippen LogP) is 8.18. The molecule has 0 aromatic carbocycles. The summed E-state index contributed by atoms with van der Waals surface area (Å²) in [6, 6.07) is 0. The topological polar surface area (TPSA) is 94.1 Å². The Labute approximate surface area is 274 Å². The predicted molar refractivity (Wildman–Crippen MR) is 185 cm³/mol. The number of hydrogen-bond acceptors (Lipinski definition) is 7. The molecule has 0 saturated heterocycles. The highest BCUT2D eigenvalue weighted by atomic mass is 31.2. The molecule has 2 unspecified atom stereocenters. The van der Waals surface area contributed by atoms with E-state index in [0.717, 1.165) is 70.6 Å².